The average Bonchev–Trinajstić information content (AvgIpc) is 3.31. The molecule has 1 atom stereocenters. The maximum Gasteiger partial charge on any atom is 0.223 e. The summed E-state index contributed by atoms with van der Waals surface area (Å²) in [5, 5.41) is 3.23. The molecule has 1 aliphatic carbocycles. The Morgan fingerprint density at radius 2 is 2.11 bits per heavy atom. The quantitative estimate of drug-likeness (QED) is 0.901. The summed E-state index contributed by atoms with van der Waals surface area (Å²) in [6, 6.07) is 4.08. The van der Waals surface area contributed by atoms with Gasteiger partial charge in [0, 0.05) is 31.5 Å². The molecular weight excluding hydrogens is 240 g/mol. The molecule has 2 aliphatic rings. The number of rotatable bonds is 4. The molecule has 0 radical (unpaired) electrons. The van der Waals surface area contributed by atoms with Gasteiger partial charge in [-0.3, -0.25) is 9.78 Å². The monoisotopic (exact) mass is 260 g/mol. The molecule has 0 spiro atoms. The molecule has 1 unspecified atom stereocenters. The number of nitrogens with zero attached hydrogens (tertiary/aromatic N) is 1. The summed E-state index contributed by atoms with van der Waals surface area (Å²) in [5.41, 5.74) is 1.11. The van der Waals surface area contributed by atoms with Crippen molar-refractivity contribution >= 4 is 5.91 Å². The number of carbonyl (C=O) groups excluding carboxylic acids is 1. The van der Waals surface area contributed by atoms with Crippen molar-refractivity contribution in [1.29, 1.82) is 0 Å². The van der Waals surface area contributed by atoms with Gasteiger partial charge >= 0.3 is 0 Å². The molecule has 1 aliphatic heterocycles. The number of pyridine rings is 1. The second kappa shape index (κ2) is 5.70. The molecule has 1 N–H and O–H groups in total. The number of ether oxygens (including phenoxy) is 1. The highest BCUT2D eigenvalue weighted by molar-refractivity contribution is 5.81. The van der Waals surface area contributed by atoms with Gasteiger partial charge in [-0.2, -0.15) is 0 Å². The molecule has 1 saturated heterocycles. The average molecular weight is 260 g/mol. The summed E-state index contributed by atoms with van der Waals surface area (Å²) in [4.78, 5) is 16.3. The lowest BCUT2D eigenvalue weighted by atomic mass is 9.87. The van der Waals surface area contributed by atoms with Gasteiger partial charge in [-0.25, -0.2) is 0 Å². The Balaban J connectivity index is 1.75. The second-order valence-corrected chi connectivity index (χ2v) is 5.50. The van der Waals surface area contributed by atoms with Crippen LogP contribution in [0.5, 0.6) is 0 Å². The molecule has 2 heterocycles. The minimum atomic E-state index is 0.0886. The standard InChI is InChI=1S/C15H20N2O2/c18-15(12-3-4-12)17-14(11-5-8-19-9-6-11)13-2-1-7-16-10-13/h1-2,7,10-12,14H,3-6,8-9H2,(H,17,18). The molecule has 4 heteroatoms. The van der Waals surface area contributed by atoms with Crippen molar-refractivity contribution in [2.24, 2.45) is 11.8 Å². The van der Waals surface area contributed by atoms with Crippen molar-refractivity contribution in [2.45, 2.75) is 31.7 Å². The third kappa shape index (κ3) is 3.13. The number of hydrogen-bond donors (Lipinski definition) is 1. The van der Waals surface area contributed by atoms with Crippen LogP contribution in [0.2, 0.25) is 0 Å². The molecule has 0 aromatic carbocycles. The maximum absolute atomic E-state index is 12.1. The molecule has 102 valence electrons. The van der Waals surface area contributed by atoms with Crippen molar-refractivity contribution in [3.05, 3.63) is 30.1 Å². The summed E-state index contributed by atoms with van der Waals surface area (Å²) >= 11 is 0. The van der Waals surface area contributed by atoms with Gasteiger partial charge in [0.1, 0.15) is 0 Å². The van der Waals surface area contributed by atoms with Gasteiger partial charge < -0.3 is 10.1 Å². The van der Waals surface area contributed by atoms with E-state index in [4.69, 9.17) is 4.74 Å². The van der Waals surface area contributed by atoms with Crippen LogP contribution < -0.4 is 5.32 Å². The van der Waals surface area contributed by atoms with Gasteiger partial charge in [-0.05, 0) is 43.2 Å². The summed E-state index contributed by atoms with van der Waals surface area (Å²) in [7, 11) is 0. The van der Waals surface area contributed by atoms with Crippen LogP contribution in [0.4, 0.5) is 0 Å². The van der Waals surface area contributed by atoms with Crippen LogP contribution in [-0.2, 0) is 9.53 Å². The number of aromatic nitrogens is 1. The van der Waals surface area contributed by atoms with E-state index < -0.39 is 0 Å². The van der Waals surface area contributed by atoms with Gasteiger partial charge in [-0.1, -0.05) is 6.07 Å². The van der Waals surface area contributed by atoms with Crippen molar-refractivity contribution in [3.8, 4) is 0 Å². The smallest absolute Gasteiger partial charge is 0.223 e. The van der Waals surface area contributed by atoms with Crippen molar-refractivity contribution in [1.82, 2.24) is 10.3 Å². The van der Waals surface area contributed by atoms with Gasteiger partial charge in [-0.15, -0.1) is 0 Å². The van der Waals surface area contributed by atoms with Gasteiger partial charge in [0.05, 0.1) is 6.04 Å². The maximum atomic E-state index is 12.1. The van der Waals surface area contributed by atoms with Crippen molar-refractivity contribution in [2.75, 3.05) is 13.2 Å². The van der Waals surface area contributed by atoms with E-state index in [2.05, 4.69) is 16.4 Å². The number of hydrogen-bond acceptors (Lipinski definition) is 3. The van der Waals surface area contributed by atoms with Gasteiger partial charge in [0.15, 0.2) is 0 Å². The zero-order valence-corrected chi connectivity index (χ0v) is 11.0. The molecule has 4 nitrogen and oxygen atoms in total. The fourth-order valence-corrected chi connectivity index (χ4v) is 2.70. The Morgan fingerprint density at radius 1 is 1.32 bits per heavy atom. The summed E-state index contributed by atoms with van der Waals surface area (Å²) in [6.07, 6.45) is 7.73. The van der Waals surface area contributed by atoms with Crippen LogP contribution in [0.1, 0.15) is 37.3 Å². The third-order valence-electron chi connectivity index (χ3n) is 4.03. The topological polar surface area (TPSA) is 51.2 Å². The first-order valence-corrected chi connectivity index (χ1v) is 7.12. The van der Waals surface area contributed by atoms with Crippen molar-refractivity contribution < 1.29 is 9.53 Å². The zero-order chi connectivity index (χ0) is 13.1. The van der Waals surface area contributed by atoms with Gasteiger partial charge in [0.2, 0.25) is 5.91 Å². The van der Waals surface area contributed by atoms with Crippen LogP contribution >= 0.6 is 0 Å². The Bertz CT molecular complexity index is 425. The molecule has 1 amide bonds. The fraction of sp³-hybridized carbons (Fsp3) is 0.600. The Kier molecular flexibility index (Phi) is 3.78. The SMILES string of the molecule is O=C(NC(c1cccnc1)C1CCOCC1)C1CC1. The Morgan fingerprint density at radius 3 is 2.74 bits per heavy atom. The zero-order valence-electron chi connectivity index (χ0n) is 11.0. The van der Waals surface area contributed by atoms with E-state index >= 15 is 0 Å². The molecule has 3 rings (SSSR count). The highest BCUT2D eigenvalue weighted by Gasteiger charge is 2.34. The first-order chi connectivity index (χ1) is 9.34. The highest BCUT2D eigenvalue weighted by Crippen LogP contribution is 2.33. The first-order valence-electron chi connectivity index (χ1n) is 7.12. The van der Waals surface area contributed by atoms with Crippen LogP contribution in [0, 0.1) is 11.8 Å². The first kappa shape index (κ1) is 12.6. The van der Waals surface area contributed by atoms with E-state index in [1.54, 1.807) is 6.20 Å². The third-order valence-corrected chi connectivity index (χ3v) is 4.03. The van der Waals surface area contributed by atoms with E-state index in [0.717, 1.165) is 44.5 Å². The minimum Gasteiger partial charge on any atom is -0.381 e. The summed E-state index contributed by atoms with van der Waals surface area (Å²) < 4.78 is 5.42. The predicted molar refractivity (Wildman–Crippen MR) is 71.4 cm³/mol. The molecule has 2 fully saturated rings. The van der Waals surface area contributed by atoms with E-state index in [1.165, 1.54) is 0 Å². The van der Waals surface area contributed by atoms with E-state index in [-0.39, 0.29) is 17.9 Å². The van der Waals surface area contributed by atoms with Gasteiger partial charge in [0.25, 0.3) is 0 Å². The van der Waals surface area contributed by atoms with E-state index in [0.29, 0.717) is 5.92 Å². The molecule has 1 aromatic rings. The molecule has 19 heavy (non-hydrogen) atoms. The molecular formula is C15H20N2O2. The normalized spacial score (nSPS) is 21.9. The predicted octanol–water partition coefficient (Wildman–Crippen LogP) is 2.08. The van der Waals surface area contributed by atoms with E-state index in [9.17, 15) is 4.79 Å². The highest BCUT2D eigenvalue weighted by atomic mass is 16.5. The van der Waals surface area contributed by atoms with Crippen molar-refractivity contribution in [3.63, 3.8) is 0 Å². The lowest BCUT2D eigenvalue weighted by Crippen LogP contribution is -2.36. The van der Waals surface area contributed by atoms with Crippen LogP contribution in [-0.4, -0.2) is 24.1 Å². The fourth-order valence-electron chi connectivity index (χ4n) is 2.70. The molecule has 1 aromatic heterocycles. The lowest BCUT2D eigenvalue weighted by Gasteiger charge is -2.31. The van der Waals surface area contributed by atoms with Crippen LogP contribution in [0.25, 0.3) is 0 Å². The Hall–Kier alpha value is -1.42. The summed E-state index contributed by atoms with van der Waals surface area (Å²) in [6.45, 7) is 1.58. The largest absolute Gasteiger partial charge is 0.381 e. The lowest BCUT2D eigenvalue weighted by molar-refractivity contribution is -0.123. The molecule has 1 saturated carbocycles. The molecule has 0 bridgehead atoms. The Labute approximate surface area is 113 Å². The number of nitrogens with one attached hydrogen (secondary N) is 1. The van der Waals surface area contributed by atoms with Crippen LogP contribution in [0.15, 0.2) is 24.5 Å². The number of amides is 1. The summed E-state index contributed by atoms with van der Waals surface area (Å²) in [5.74, 6) is 0.917. The van der Waals surface area contributed by atoms with Crippen LogP contribution in [0.3, 0.4) is 0 Å². The number of carbonyl (C=O) groups is 1. The van der Waals surface area contributed by atoms with E-state index in [1.807, 2.05) is 12.3 Å². The second-order valence-electron chi connectivity index (χ2n) is 5.50. The minimum absolute atomic E-state index is 0.0886.